The normalized spacial score (nSPS) is 12.2. The molecule has 0 radical (unpaired) electrons. The van der Waals surface area contributed by atoms with Crippen molar-refractivity contribution in [1.29, 1.82) is 0 Å². The van der Waals surface area contributed by atoms with Gasteiger partial charge < -0.3 is 20.1 Å². The highest BCUT2D eigenvalue weighted by atomic mass is 16.6. The lowest BCUT2D eigenvalue weighted by molar-refractivity contribution is -0.183. The number of Topliss-reactive ketones (excluding diaryl/α,β-unsaturated/α-hetero) is 2. The summed E-state index contributed by atoms with van der Waals surface area (Å²) in [6.45, 7) is -2.00. The Hall–Kier alpha value is -2.87. The molecule has 0 amide bonds. The SMILES string of the molecule is O=C(CC(=O)OC(C(=O)Cc1ccccc1)C(O)(CO)CO)Cc1ccccc1. The molecule has 0 saturated heterocycles. The van der Waals surface area contributed by atoms with Gasteiger partial charge in [-0.3, -0.25) is 14.4 Å². The molecular weight excluding hydrogens is 376 g/mol. The number of hydrogen-bond acceptors (Lipinski definition) is 7. The highest BCUT2D eigenvalue weighted by Gasteiger charge is 2.43. The first-order chi connectivity index (χ1) is 13.9. The highest BCUT2D eigenvalue weighted by Crippen LogP contribution is 2.18. The number of aliphatic hydroxyl groups is 3. The second-order valence-corrected chi connectivity index (χ2v) is 6.80. The van der Waals surface area contributed by atoms with Crippen LogP contribution in [0.3, 0.4) is 0 Å². The maximum Gasteiger partial charge on any atom is 0.314 e. The monoisotopic (exact) mass is 400 g/mol. The summed E-state index contributed by atoms with van der Waals surface area (Å²) < 4.78 is 5.06. The van der Waals surface area contributed by atoms with Gasteiger partial charge in [-0.1, -0.05) is 60.7 Å². The lowest BCUT2D eigenvalue weighted by Crippen LogP contribution is -2.55. The molecule has 0 fully saturated rings. The third-order valence-electron chi connectivity index (χ3n) is 4.38. The van der Waals surface area contributed by atoms with Crippen LogP contribution in [0.2, 0.25) is 0 Å². The van der Waals surface area contributed by atoms with E-state index < -0.39 is 48.9 Å². The van der Waals surface area contributed by atoms with Crippen LogP contribution in [-0.4, -0.2) is 57.8 Å². The average Bonchev–Trinajstić information content (AvgIpc) is 2.72. The van der Waals surface area contributed by atoms with Gasteiger partial charge in [0.1, 0.15) is 12.2 Å². The lowest BCUT2D eigenvalue weighted by atomic mass is 9.91. The summed E-state index contributed by atoms with van der Waals surface area (Å²) in [4.78, 5) is 37.0. The molecule has 0 spiro atoms. The van der Waals surface area contributed by atoms with Crippen molar-refractivity contribution in [3.05, 3.63) is 71.8 Å². The maximum absolute atomic E-state index is 12.6. The Morgan fingerprint density at radius 3 is 1.79 bits per heavy atom. The summed E-state index contributed by atoms with van der Waals surface area (Å²) in [6.07, 6.45) is -2.58. The van der Waals surface area contributed by atoms with Crippen molar-refractivity contribution in [2.75, 3.05) is 13.2 Å². The first kappa shape index (κ1) is 22.4. The van der Waals surface area contributed by atoms with Gasteiger partial charge in [0.2, 0.25) is 0 Å². The predicted octanol–water partition coefficient (Wildman–Crippen LogP) is 0.628. The van der Waals surface area contributed by atoms with Crippen LogP contribution in [0.4, 0.5) is 0 Å². The van der Waals surface area contributed by atoms with E-state index in [4.69, 9.17) is 4.74 Å². The zero-order valence-electron chi connectivity index (χ0n) is 15.9. The van der Waals surface area contributed by atoms with Crippen LogP contribution in [0.5, 0.6) is 0 Å². The van der Waals surface area contributed by atoms with E-state index in [0.29, 0.717) is 5.56 Å². The van der Waals surface area contributed by atoms with Crippen LogP contribution >= 0.6 is 0 Å². The van der Waals surface area contributed by atoms with Gasteiger partial charge in [0.25, 0.3) is 0 Å². The molecule has 7 nitrogen and oxygen atoms in total. The Kier molecular flexibility index (Phi) is 8.21. The quantitative estimate of drug-likeness (QED) is 0.374. The molecule has 0 heterocycles. The summed E-state index contributed by atoms with van der Waals surface area (Å²) in [7, 11) is 0. The van der Waals surface area contributed by atoms with E-state index >= 15 is 0 Å². The zero-order valence-corrected chi connectivity index (χ0v) is 15.9. The number of esters is 1. The molecule has 0 aliphatic rings. The summed E-state index contributed by atoms with van der Waals surface area (Å²) in [5, 5.41) is 29.3. The van der Waals surface area contributed by atoms with Crippen LogP contribution in [-0.2, 0) is 32.0 Å². The highest BCUT2D eigenvalue weighted by molar-refractivity contribution is 5.98. The van der Waals surface area contributed by atoms with Gasteiger partial charge in [-0.25, -0.2) is 0 Å². The number of hydrogen-bond donors (Lipinski definition) is 3. The van der Waals surface area contributed by atoms with Gasteiger partial charge in [0, 0.05) is 12.8 Å². The van der Waals surface area contributed by atoms with Crippen molar-refractivity contribution in [2.24, 2.45) is 0 Å². The van der Waals surface area contributed by atoms with Crippen LogP contribution < -0.4 is 0 Å². The van der Waals surface area contributed by atoms with Gasteiger partial charge >= 0.3 is 5.97 Å². The molecule has 29 heavy (non-hydrogen) atoms. The molecule has 7 heteroatoms. The Bertz CT molecular complexity index is 814. The van der Waals surface area contributed by atoms with E-state index in [0.717, 1.165) is 5.56 Å². The molecule has 0 aliphatic heterocycles. The number of ether oxygens (including phenoxy) is 1. The summed E-state index contributed by atoms with van der Waals surface area (Å²) in [6, 6.07) is 17.4. The van der Waals surface area contributed by atoms with Gasteiger partial charge in [-0.2, -0.15) is 0 Å². The van der Waals surface area contributed by atoms with E-state index in [1.54, 1.807) is 60.7 Å². The van der Waals surface area contributed by atoms with Crippen molar-refractivity contribution in [3.8, 4) is 0 Å². The van der Waals surface area contributed by atoms with Crippen molar-refractivity contribution in [3.63, 3.8) is 0 Å². The minimum absolute atomic E-state index is 0.0167. The first-order valence-electron chi connectivity index (χ1n) is 9.14. The molecule has 1 atom stereocenters. The van der Waals surface area contributed by atoms with E-state index in [1.807, 2.05) is 0 Å². The maximum atomic E-state index is 12.6. The third kappa shape index (κ3) is 6.60. The minimum atomic E-state index is -2.36. The number of carbonyl (C=O) groups is 3. The van der Waals surface area contributed by atoms with E-state index in [2.05, 4.69) is 0 Å². The summed E-state index contributed by atoms with van der Waals surface area (Å²) in [5.41, 5.74) is -1.02. The van der Waals surface area contributed by atoms with Gasteiger partial charge in [0.05, 0.1) is 13.2 Å². The fourth-order valence-electron chi connectivity index (χ4n) is 2.80. The minimum Gasteiger partial charge on any atom is -0.451 e. The fraction of sp³-hybridized carbons (Fsp3) is 0.318. The van der Waals surface area contributed by atoms with Crippen LogP contribution in [0.25, 0.3) is 0 Å². The Morgan fingerprint density at radius 1 is 0.828 bits per heavy atom. The van der Waals surface area contributed by atoms with Crippen LogP contribution in [0.1, 0.15) is 17.5 Å². The van der Waals surface area contributed by atoms with Gasteiger partial charge in [-0.15, -0.1) is 0 Å². The Morgan fingerprint density at radius 2 is 1.31 bits per heavy atom. The van der Waals surface area contributed by atoms with Crippen molar-refractivity contribution in [1.82, 2.24) is 0 Å². The zero-order chi connectivity index (χ0) is 21.3. The smallest absolute Gasteiger partial charge is 0.314 e. The molecular formula is C22H24O7. The number of benzene rings is 2. The van der Waals surface area contributed by atoms with Crippen molar-refractivity contribution < 1.29 is 34.4 Å². The first-order valence-corrected chi connectivity index (χ1v) is 9.14. The number of carbonyl (C=O) groups excluding carboxylic acids is 3. The van der Waals surface area contributed by atoms with Crippen LogP contribution in [0.15, 0.2) is 60.7 Å². The Labute approximate surface area is 168 Å². The number of aliphatic hydroxyl groups excluding tert-OH is 2. The second kappa shape index (κ2) is 10.6. The second-order valence-electron chi connectivity index (χ2n) is 6.80. The molecule has 0 saturated carbocycles. The average molecular weight is 400 g/mol. The molecule has 0 bridgehead atoms. The number of rotatable bonds is 11. The molecule has 2 aromatic rings. The van der Waals surface area contributed by atoms with Crippen molar-refractivity contribution in [2.45, 2.75) is 31.0 Å². The molecule has 0 aromatic heterocycles. The van der Waals surface area contributed by atoms with Gasteiger partial charge in [-0.05, 0) is 11.1 Å². The van der Waals surface area contributed by atoms with Crippen LogP contribution in [0, 0.1) is 0 Å². The Balaban J connectivity index is 2.07. The van der Waals surface area contributed by atoms with E-state index in [9.17, 15) is 29.7 Å². The van der Waals surface area contributed by atoms with Gasteiger partial charge in [0.15, 0.2) is 17.5 Å². The summed E-state index contributed by atoms with van der Waals surface area (Å²) in [5.74, 6) is -2.14. The standard InChI is InChI=1S/C22H24O7/c23-14-22(28,15-24)21(19(26)12-17-9-5-2-6-10-17)29-20(27)13-18(25)11-16-7-3-1-4-8-16/h1-10,21,23-24,28H,11-15H2. The van der Waals surface area contributed by atoms with E-state index in [1.165, 1.54) is 0 Å². The molecule has 2 rings (SSSR count). The third-order valence-corrected chi connectivity index (χ3v) is 4.38. The molecule has 1 unspecified atom stereocenters. The molecule has 3 N–H and O–H groups in total. The topological polar surface area (TPSA) is 121 Å². The van der Waals surface area contributed by atoms with E-state index in [-0.39, 0.29) is 12.8 Å². The largest absolute Gasteiger partial charge is 0.451 e. The fourth-order valence-corrected chi connectivity index (χ4v) is 2.80. The number of ketones is 2. The lowest BCUT2D eigenvalue weighted by Gasteiger charge is -2.31. The molecule has 154 valence electrons. The summed E-state index contributed by atoms with van der Waals surface area (Å²) >= 11 is 0. The van der Waals surface area contributed by atoms with Crippen molar-refractivity contribution >= 4 is 17.5 Å². The molecule has 0 aliphatic carbocycles. The predicted molar refractivity (Wildman–Crippen MR) is 104 cm³/mol. The molecule has 2 aromatic carbocycles.